The molecule has 0 bridgehead atoms. The van der Waals surface area contributed by atoms with Crippen molar-refractivity contribution in [3.05, 3.63) is 77.7 Å². The molecule has 0 unspecified atom stereocenters. The molecule has 0 atom stereocenters. The zero-order chi connectivity index (χ0) is 19.2. The Labute approximate surface area is 153 Å². The first-order valence-corrected chi connectivity index (χ1v) is 7.72. The molecule has 9 heteroatoms. The number of nitrogens with zero attached hydrogens (tertiary/aromatic N) is 4. The Kier molecular flexibility index (Phi) is 5.18. The molecule has 0 spiro atoms. The topological polar surface area (TPSA) is 132 Å². The van der Waals surface area contributed by atoms with Crippen LogP contribution in [0.15, 0.2) is 53.4 Å². The van der Waals surface area contributed by atoms with Crippen molar-refractivity contribution in [1.82, 2.24) is 20.3 Å². The Morgan fingerprint density at radius 3 is 2.85 bits per heavy atom. The summed E-state index contributed by atoms with van der Waals surface area (Å²) >= 11 is 0. The first-order valence-electron chi connectivity index (χ1n) is 7.72. The lowest BCUT2D eigenvalue weighted by atomic mass is 10.2. The predicted octanol–water partition coefficient (Wildman–Crippen LogP) is 2.38. The van der Waals surface area contributed by atoms with E-state index in [1.165, 1.54) is 24.6 Å². The SMILES string of the molecule is N#Cc1cnc(C(=N)/C=C(\NCc2ccccc2F)c2ncco2)nc1O. The number of hydrogen-bond acceptors (Lipinski definition) is 8. The second-order valence-corrected chi connectivity index (χ2v) is 5.30. The van der Waals surface area contributed by atoms with E-state index in [-0.39, 0.29) is 35.4 Å². The maximum Gasteiger partial charge on any atom is 0.242 e. The number of benzene rings is 1. The fraction of sp³-hybridized carbons (Fsp3) is 0.0556. The third-order valence-corrected chi connectivity index (χ3v) is 3.51. The fourth-order valence-corrected chi connectivity index (χ4v) is 2.17. The summed E-state index contributed by atoms with van der Waals surface area (Å²) < 4.78 is 19.1. The van der Waals surface area contributed by atoms with Crippen LogP contribution >= 0.6 is 0 Å². The lowest BCUT2D eigenvalue weighted by molar-refractivity contribution is 0.449. The number of hydrogen-bond donors (Lipinski definition) is 3. The van der Waals surface area contributed by atoms with Gasteiger partial charge >= 0.3 is 0 Å². The highest BCUT2D eigenvalue weighted by Gasteiger charge is 2.13. The summed E-state index contributed by atoms with van der Waals surface area (Å²) in [5.41, 5.74) is 0.472. The van der Waals surface area contributed by atoms with E-state index in [2.05, 4.69) is 20.3 Å². The van der Waals surface area contributed by atoms with Crippen LogP contribution in [0.3, 0.4) is 0 Å². The van der Waals surface area contributed by atoms with E-state index in [0.717, 1.165) is 6.20 Å². The number of aromatic hydroxyl groups is 1. The van der Waals surface area contributed by atoms with Crippen LogP contribution in [-0.2, 0) is 6.54 Å². The van der Waals surface area contributed by atoms with Gasteiger partial charge in [-0.15, -0.1) is 0 Å². The number of halogens is 1. The van der Waals surface area contributed by atoms with Crippen LogP contribution < -0.4 is 5.32 Å². The average molecular weight is 364 g/mol. The largest absolute Gasteiger partial charge is 0.492 e. The molecule has 0 saturated carbocycles. The first kappa shape index (κ1) is 17.8. The van der Waals surface area contributed by atoms with Gasteiger partial charge in [0.05, 0.1) is 12.4 Å². The van der Waals surface area contributed by atoms with Crippen LogP contribution in [-0.4, -0.2) is 25.8 Å². The Morgan fingerprint density at radius 1 is 1.37 bits per heavy atom. The highest BCUT2D eigenvalue weighted by molar-refractivity contribution is 6.07. The molecular weight excluding hydrogens is 351 g/mol. The number of oxazole rings is 1. The maximum atomic E-state index is 13.8. The highest BCUT2D eigenvalue weighted by atomic mass is 19.1. The minimum absolute atomic E-state index is 0.0942. The zero-order valence-electron chi connectivity index (χ0n) is 13.8. The van der Waals surface area contributed by atoms with Gasteiger partial charge < -0.3 is 14.8 Å². The van der Waals surface area contributed by atoms with E-state index in [1.807, 2.05) is 0 Å². The van der Waals surface area contributed by atoms with Gasteiger partial charge in [-0.05, 0) is 12.1 Å². The van der Waals surface area contributed by atoms with Gasteiger partial charge in [0.15, 0.2) is 5.82 Å². The van der Waals surface area contributed by atoms with Gasteiger partial charge in [0.1, 0.15) is 35.1 Å². The molecule has 0 aliphatic rings. The van der Waals surface area contributed by atoms with Crippen LogP contribution in [0.5, 0.6) is 5.88 Å². The van der Waals surface area contributed by atoms with E-state index in [9.17, 15) is 9.50 Å². The molecule has 2 aromatic heterocycles. The van der Waals surface area contributed by atoms with E-state index in [0.29, 0.717) is 11.3 Å². The molecule has 1 aromatic carbocycles. The maximum absolute atomic E-state index is 13.8. The van der Waals surface area contributed by atoms with Crippen molar-refractivity contribution in [2.45, 2.75) is 6.54 Å². The molecule has 0 fully saturated rings. The van der Waals surface area contributed by atoms with Crippen molar-refractivity contribution in [3.63, 3.8) is 0 Å². The Hall–Kier alpha value is -4.06. The molecule has 0 aliphatic carbocycles. The van der Waals surface area contributed by atoms with Gasteiger partial charge in [-0.2, -0.15) is 10.2 Å². The number of rotatable bonds is 6. The van der Waals surface area contributed by atoms with Crippen molar-refractivity contribution in [2.24, 2.45) is 0 Å². The third kappa shape index (κ3) is 4.13. The van der Waals surface area contributed by atoms with E-state index >= 15 is 0 Å². The normalized spacial score (nSPS) is 11.0. The van der Waals surface area contributed by atoms with Gasteiger partial charge in [0, 0.05) is 12.1 Å². The lowest BCUT2D eigenvalue weighted by Crippen LogP contribution is -2.15. The van der Waals surface area contributed by atoms with Crippen LogP contribution in [0, 0.1) is 22.6 Å². The van der Waals surface area contributed by atoms with Crippen LogP contribution in [0.1, 0.15) is 22.8 Å². The van der Waals surface area contributed by atoms with E-state index in [4.69, 9.17) is 15.1 Å². The van der Waals surface area contributed by atoms with Crippen molar-refractivity contribution in [2.75, 3.05) is 0 Å². The van der Waals surface area contributed by atoms with Gasteiger partial charge in [-0.25, -0.2) is 14.4 Å². The Balaban J connectivity index is 1.87. The molecule has 3 N–H and O–H groups in total. The fourth-order valence-electron chi connectivity index (χ4n) is 2.17. The number of allylic oxidation sites excluding steroid dienone is 1. The molecule has 0 aliphatic heterocycles. The van der Waals surface area contributed by atoms with E-state index in [1.54, 1.807) is 24.3 Å². The molecule has 0 radical (unpaired) electrons. The average Bonchev–Trinajstić information content (AvgIpc) is 3.20. The molecule has 3 rings (SSSR count). The first-order chi connectivity index (χ1) is 13.1. The molecule has 134 valence electrons. The zero-order valence-corrected chi connectivity index (χ0v) is 13.8. The van der Waals surface area contributed by atoms with Crippen molar-refractivity contribution in [1.29, 1.82) is 10.7 Å². The van der Waals surface area contributed by atoms with Gasteiger partial charge in [-0.1, -0.05) is 18.2 Å². The predicted molar refractivity (Wildman–Crippen MR) is 93.0 cm³/mol. The van der Waals surface area contributed by atoms with Crippen LogP contribution in [0.25, 0.3) is 5.70 Å². The molecular formula is C18H13FN6O2. The van der Waals surface area contributed by atoms with Gasteiger partial charge in [0.25, 0.3) is 0 Å². The smallest absolute Gasteiger partial charge is 0.242 e. The Bertz CT molecular complexity index is 1040. The van der Waals surface area contributed by atoms with Crippen LogP contribution in [0.2, 0.25) is 0 Å². The lowest BCUT2D eigenvalue weighted by Gasteiger charge is -2.09. The van der Waals surface area contributed by atoms with Crippen molar-refractivity contribution >= 4 is 11.4 Å². The molecule has 2 heterocycles. The van der Waals surface area contributed by atoms with Crippen LogP contribution in [0.4, 0.5) is 4.39 Å². The molecule has 27 heavy (non-hydrogen) atoms. The molecule has 0 saturated heterocycles. The summed E-state index contributed by atoms with van der Waals surface area (Å²) in [6.45, 7) is 0.133. The number of nitriles is 1. The summed E-state index contributed by atoms with van der Waals surface area (Å²) in [6, 6.07) is 8.01. The van der Waals surface area contributed by atoms with Crippen molar-refractivity contribution in [3.8, 4) is 11.9 Å². The van der Waals surface area contributed by atoms with Gasteiger partial charge in [-0.3, -0.25) is 5.41 Å². The second-order valence-electron chi connectivity index (χ2n) is 5.30. The number of nitrogens with one attached hydrogen (secondary N) is 2. The molecule has 3 aromatic rings. The monoisotopic (exact) mass is 364 g/mol. The number of aromatic nitrogens is 3. The summed E-state index contributed by atoms with van der Waals surface area (Å²) in [4.78, 5) is 11.6. The molecule has 8 nitrogen and oxygen atoms in total. The minimum atomic E-state index is -0.516. The standard InChI is InChI=1S/C18H13FN6O2/c19-13-4-2-1-3-11(13)9-23-15(18-22-5-6-27-18)7-14(21)16-24-10-12(8-20)17(26)25-16/h1-7,10,21,23H,9H2,(H,24,25,26)/b15-7-,21-14?. The Morgan fingerprint density at radius 2 is 2.19 bits per heavy atom. The summed E-state index contributed by atoms with van der Waals surface area (Å²) in [6.07, 6.45) is 5.26. The van der Waals surface area contributed by atoms with Gasteiger partial charge in [0.2, 0.25) is 11.8 Å². The quantitative estimate of drug-likeness (QED) is 0.572. The second kappa shape index (κ2) is 7.88. The third-order valence-electron chi connectivity index (χ3n) is 3.51. The molecule has 0 amide bonds. The van der Waals surface area contributed by atoms with E-state index < -0.39 is 5.88 Å². The summed E-state index contributed by atoms with van der Waals surface area (Å²) in [5.74, 6) is -0.790. The summed E-state index contributed by atoms with van der Waals surface area (Å²) in [5, 5.41) is 29.6. The summed E-state index contributed by atoms with van der Waals surface area (Å²) in [7, 11) is 0. The van der Waals surface area contributed by atoms with Crippen molar-refractivity contribution < 1.29 is 13.9 Å². The highest BCUT2D eigenvalue weighted by Crippen LogP contribution is 2.15. The minimum Gasteiger partial charge on any atom is -0.492 e.